The van der Waals surface area contributed by atoms with Crippen LogP contribution in [0.4, 0.5) is 0 Å². The average Bonchev–Trinajstić information content (AvgIpc) is 3.01. The molecule has 3 heterocycles. The van der Waals surface area contributed by atoms with Crippen molar-refractivity contribution in [2.24, 2.45) is 14.1 Å². The molecule has 0 spiro atoms. The Morgan fingerprint density at radius 2 is 1.77 bits per heavy atom. The summed E-state index contributed by atoms with van der Waals surface area (Å²) in [5.74, 6) is 0.858. The third-order valence-corrected chi connectivity index (χ3v) is 5.13. The lowest BCUT2D eigenvalue weighted by Gasteiger charge is -2.26. The van der Waals surface area contributed by atoms with Crippen LogP contribution in [0.5, 0.6) is 0 Å². The zero-order valence-corrected chi connectivity index (χ0v) is 16.0. The number of rotatable bonds is 7. The zero-order chi connectivity index (χ0) is 18.7. The molecule has 2 aromatic rings. The monoisotopic (exact) mass is 363 g/mol. The van der Waals surface area contributed by atoms with Crippen molar-refractivity contribution in [2.45, 2.75) is 45.7 Å². The Bertz CT molecular complexity index is 874. The van der Waals surface area contributed by atoms with Crippen LogP contribution in [-0.2, 0) is 31.9 Å². The van der Waals surface area contributed by atoms with Crippen LogP contribution in [0.25, 0.3) is 11.2 Å². The largest absolute Gasteiger partial charge is 0.379 e. The minimum Gasteiger partial charge on any atom is -0.379 e. The summed E-state index contributed by atoms with van der Waals surface area (Å²) in [4.78, 5) is 32.0. The summed E-state index contributed by atoms with van der Waals surface area (Å²) in [6.07, 6.45) is 4.48. The maximum absolute atomic E-state index is 12.8. The van der Waals surface area contributed by atoms with Gasteiger partial charge in [-0.2, -0.15) is 0 Å². The van der Waals surface area contributed by atoms with E-state index in [0.29, 0.717) is 17.7 Å². The fraction of sp³-hybridized carbons (Fsp3) is 0.722. The second-order valence-electron chi connectivity index (χ2n) is 7.01. The van der Waals surface area contributed by atoms with Gasteiger partial charge in [-0.25, -0.2) is 9.78 Å². The topological polar surface area (TPSA) is 74.3 Å². The van der Waals surface area contributed by atoms with Gasteiger partial charge in [0.15, 0.2) is 11.2 Å². The molecule has 0 saturated carbocycles. The van der Waals surface area contributed by atoms with Gasteiger partial charge < -0.3 is 9.30 Å². The van der Waals surface area contributed by atoms with Crippen molar-refractivity contribution >= 4 is 11.2 Å². The first-order chi connectivity index (χ1) is 12.5. The molecule has 26 heavy (non-hydrogen) atoms. The van der Waals surface area contributed by atoms with Gasteiger partial charge in [-0.05, 0) is 6.42 Å². The quantitative estimate of drug-likeness (QED) is 0.682. The summed E-state index contributed by atoms with van der Waals surface area (Å²) < 4.78 is 10.1. The van der Waals surface area contributed by atoms with Crippen molar-refractivity contribution < 1.29 is 4.74 Å². The van der Waals surface area contributed by atoms with E-state index in [0.717, 1.165) is 51.5 Å². The minimum absolute atomic E-state index is 0.265. The van der Waals surface area contributed by atoms with Gasteiger partial charge in [-0.15, -0.1) is 0 Å². The maximum Gasteiger partial charge on any atom is 0.332 e. The minimum atomic E-state index is -0.337. The molecule has 1 aliphatic rings. The maximum atomic E-state index is 12.8. The Kier molecular flexibility index (Phi) is 5.93. The molecule has 1 aliphatic heterocycles. The van der Waals surface area contributed by atoms with Crippen LogP contribution in [-0.4, -0.2) is 49.9 Å². The van der Waals surface area contributed by atoms with E-state index in [1.54, 1.807) is 7.05 Å². The molecule has 0 aliphatic carbocycles. The van der Waals surface area contributed by atoms with E-state index in [2.05, 4.69) is 11.8 Å². The first-order valence-corrected chi connectivity index (χ1v) is 9.49. The molecule has 0 bridgehead atoms. The van der Waals surface area contributed by atoms with E-state index in [1.165, 1.54) is 29.0 Å². The van der Waals surface area contributed by atoms with Crippen LogP contribution in [0, 0.1) is 0 Å². The van der Waals surface area contributed by atoms with Crippen molar-refractivity contribution in [1.29, 1.82) is 0 Å². The van der Waals surface area contributed by atoms with Gasteiger partial charge in [0.1, 0.15) is 5.82 Å². The lowest BCUT2D eigenvalue weighted by atomic mass is 10.2. The Balaban J connectivity index is 2.03. The highest BCUT2D eigenvalue weighted by Gasteiger charge is 2.21. The molecule has 0 amide bonds. The molecule has 3 rings (SSSR count). The van der Waals surface area contributed by atoms with Gasteiger partial charge >= 0.3 is 5.69 Å². The van der Waals surface area contributed by atoms with Crippen molar-refractivity contribution in [3.05, 3.63) is 26.7 Å². The molecule has 8 heteroatoms. The van der Waals surface area contributed by atoms with Gasteiger partial charge in [0.25, 0.3) is 5.56 Å². The molecule has 144 valence electrons. The van der Waals surface area contributed by atoms with Crippen LogP contribution in [0.15, 0.2) is 9.59 Å². The molecular weight excluding hydrogens is 334 g/mol. The molecule has 1 saturated heterocycles. The number of imidazole rings is 1. The van der Waals surface area contributed by atoms with E-state index in [1.807, 2.05) is 4.57 Å². The van der Waals surface area contributed by atoms with E-state index >= 15 is 0 Å². The van der Waals surface area contributed by atoms with E-state index < -0.39 is 0 Å². The van der Waals surface area contributed by atoms with E-state index in [9.17, 15) is 9.59 Å². The second kappa shape index (κ2) is 8.18. The second-order valence-corrected chi connectivity index (χ2v) is 7.01. The van der Waals surface area contributed by atoms with Crippen LogP contribution in [0.1, 0.15) is 38.4 Å². The van der Waals surface area contributed by atoms with Crippen LogP contribution in [0.2, 0.25) is 0 Å². The summed E-state index contributed by atoms with van der Waals surface area (Å²) in [6.45, 7) is 6.76. The Morgan fingerprint density at radius 3 is 2.46 bits per heavy atom. The fourth-order valence-corrected chi connectivity index (χ4v) is 3.51. The van der Waals surface area contributed by atoms with E-state index in [-0.39, 0.29) is 11.2 Å². The molecule has 0 radical (unpaired) electrons. The highest BCUT2D eigenvalue weighted by molar-refractivity contribution is 5.71. The summed E-state index contributed by atoms with van der Waals surface area (Å²) in [5, 5.41) is 0. The van der Waals surface area contributed by atoms with Gasteiger partial charge in [0.05, 0.1) is 19.8 Å². The van der Waals surface area contributed by atoms with Gasteiger partial charge in [0, 0.05) is 33.7 Å². The molecule has 0 N–H and O–H groups in total. The highest BCUT2D eigenvalue weighted by Crippen LogP contribution is 2.16. The van der Waals surface area contributed by atoms with Crippen LogP contribution in [0.3, 0.4) is 0 Å². The van der Waals surface area contributed by atoms with Gasteiger partial charge in [-0.3, -0.25) is 18.8 Å². The van der Waals surface area contributed by atoms with Gasteiger partial charge in [-0.1, -0.05) is 26.2 Å². The Labute approximate surface area is 153 Å². The molecule has 1 fully saturated rings. The fourth-order valence-electron chi connectivity index (χ4n) is 3.51. The third kappa shape index (κ3) is 3.61. The lowest BCUT2D eigenvalue weighted by molar-refractivity contribution is 0.0326. The Morgan fingerprint density at radius 1 is 1.04 bits per heavy atom. The number of unbranched alkanes of at least 4 members (excludes halogenated alkanes) is 3. The summed E-state index contributed by atoms with van der Waals surface area (Å²) in [6, 6.07) is 0. The molecule has 8 nitrogen and oxygen atoms in total. The smallest absolute Gasteiger partial charge is 0.332 e. The summed E-state index contributed by atoms with van der Waals surface area (Å²) in [7, 11) is 3.21. The number of fused-ring (bicyclic) bond motifs is 1. The lowest BCUT2D eigenvalue weighted by Crippen LogP contribution is -2.37. The van der Waals surface area contributed by atoms with Crippen molar-refractivity contribution in [3.8, 4) is 0 Å². The number of nitrogens with zero attached hydrogens (tertiary/aromatic N) is 5. The Hall–Kier alpha value is -1.93. The highest BCUT2D eigenvalue weighted by atomic mass is 16.5. The number of hydrogen-bond donors (Lipinski definition) is 0. The predicted octanol–water partition coefficient (Wildman–Crippen LogP) is 0.846. The summed E-state index contributed by atoms with van der Waals surface area (Å²) in [5.41, 5.74) is 0.418. The standard InChI is InChI=1S/C18H29N5O3/c1-4-5-6-7-8-23-14(13-22-9-11-26-12-10-22)19-16-15(23)17(24)21(3)18(25)20(16)2/h4-13H2,1-3H3. The third-order valence-electron chi connectivity index (χ3n) is 5.13. The average molecular weight is 363 g/mol. The zero-order valence-electron chi connectivity index (χ0n) is 16.0. The first kappa shape index (κ1) is 18.8. The molecule has 2 aromatic heterocycles. The SMILES string of the molecule is CCCCCCn1c(CN2CCOCC2)nc2c1c(=O)n(C)c(=O)n2C. The predicted molar refractivity (Wildman–Crippen MR) is 100 cm³/mol. The number of morpholine rings is 1. The summed E-state index contributed by atoms with van der Waals surface area (Å²) >= 11 is 0. The first-order valence-electron chi connectivity index (χ1n) is 9.49. The molecular formula is C18H29N5O3. The number of hydrogen-bond acceptors (Lipinski definition) is 5. The van der Waals surface area contributed by atoms with Crippen LogP contribution < -0.4 is 11.2 Å². The van der Waals surface area contributed by atoms with Crippen molar-refractivity contribution in [2.75, 3.05) is 26.3 Å². The van der Waals surface area contributed by atoms with Crippen molar-refractivity contribution in [1.82, 2.24) is 23.6 Å². The number of ether oxygens (including phenoxy) is 1. The molecule has 0 aromatic carbocycles. The number of aryl methyl sites for hydroxylation is 2. The van der Waals surface area contributed by atoms with Gasteiger partial charge in [0.2, 0.25) is 0 Å². The molecule has 0 atom stereocenters. The molecule has 0 unspecified atom stereocenters. The van der Waals surface area contributed by atoms with Crippen molar-refractivity contribution in [3.63, 3.8) is 0 Å². The van der Waals surface area contributed by atoms with Crippen LogP contribution >= 0.6 is 0 Å². The normalized spacial score (nSPS) is 15.8. The number of aromatic nitrogens is 4. The van der Waals surface area contributed by atoms with E-state index in [4.69, 9.17) is 9.72 Å².